The molecule has 336 valence electrons. The Morgan fingerprint density at radius 2 is 0.714 bits per heavy atom. The monoisotopic (exact) mass is 793 g/mol. The van der Waals surface area contributed by atoms with Gasteiger partial charge in [0, 0.05) is 6.42 Å². The lowest BCUT2D eigenvalue weighted by Gasteiger charge is -2.24. The molecule has 0 saturated carbocycles. The van der Waals surface area contributed by atoms with E-state index in [4.69, 9.17) is 4.74 Å². The molecule has 0 aliphatic heterocycles. The fourth-order valence-corrected chi connectivity index (χ4v) is 7.91. The first kappa shape index (κ1) is 57.0. The maximum Gasteiger partial charge on any atom is 0.309 e. The first-order valence-electron chi connectivity index (χ1n) is 25.4. The van der Waals surface area contributed by atoms with E-state index in [1.54, 1.807) is 0 Å². The molecule has 0 heterocycles. The molecule has 0 spiro atoms. The molecule has 0 bridgehead atoms. The van der Waals surface area contributed by atoms with Gasteiger partial charge in [-0.05, 0) is 57.8 Å². The summed E-state index contributed by atoms with van der Waals surface area (Å²) in [4.78, 5) is 23.6. The van der Waals surface area contributed by atoms with Crippen LogP contribution in [-0.4, -0.2) is 23.1 Å². The second-order valence-corrected chi connectivity index (χ2v) is 19.2. The second-order valence-electron chi connectivity index (χ2n) is 19.2. The number of carbonyl (C=O) groups is 2. The number of aliphatic carboxylic acids is 1. The van der Waals surface area contributed by atoms with Gasteiger partial charge >= 0.3 is 11.9 Å². The molecule has 0 aliphatic rings. The van der Waals surface area contributed by atoms with E-state index in [0.717, 1.165) is 50.4 Å². The van der Waals surface area contributed by atoms with Crippen LogP contribution in [0, 0.1) is 17.3 Å². The molecule has 0 fully saturated rings. The van der Waals surface area contributed by atoms with Gasteiger partial charge in [-0.3, -0.25) is 9.59 Å². The van der Waals surface area contributed by atoms with Crippen LogP contribution in [0.3, 0.4) is 0 Å². The summed E-state index contributed by atoms with van der Waals surface area (Å²) in [5, 5.41) is 9.64. The van der Waals surface area contributed by atoms with Crippen molar-refractivity contribution in [3.63, 3.8) is 0 Å². The van der Waals surface area contributed by atoms with Crippen LogP contribution < -0.4 is 0 Å². The normalized spacial score (nSPS) is 13.1. The molecule has 4 heteroatoms. The van der Waals surface area contributed by atoms with Crippen LogP contribution in [0.4, 0.5) is 0 Å². The number of hydrogen-bond donors (Lipinski definition) is 1. The van der Waals surface area contributed by atoms with E-state index in [2.05, 4.69) is 41.5 Å². The van der Waals surface area contributed by atoms with Crippen molar-refractivity contribution >= 4 is 11.9 Å². The minimum absolute atomic E-state index is 0.0105. The van der Waals surface area contributed by atoms with E-state index in [-0.39, 0.29) is 12.1 Å². The third kappa shape index (κ3) is 44.1. The number of esters is 1. The van der Waals surface area contributed by atoms with Crippen molar-refractivity contribution in [1.29, 1.82) is 0 Å². The summed E-state index contributed by atoms with van der Waals surface area (Å²) < 4.78 is 5.51. The Balaban J connectivity index is 0. The van der Waals surface area contributed by atoms with Gasteiger partial charge in [-0.2, -0.15) is 0 Å². The molecule has 0 aliphatic carbocycles. The highest BCUT2D eigenvalue weighted by molar-refractivity contribution is 5.74. The van der Waals surface area contributed by atoms with E-state index in [1.165, 1.54) is 199 Å². The topological polar surface area (TPSA) is 63.6 Å². The van der Waals surface area contributed by atoms with Gasteiger partial charge in [0.2, 0.25) is 0 Å². The molecule has 0 rings (SSSR count). The van der Waals surface area contributed by atoms with Gasteiger partial charge < -0.3 is 9.84 Å². The molecular weight excluding hydrogens is 689 g/mol. The van der Waals surface area contributed by atoms with Crippen LogP contribution in [0.15, 0.2) is 0 Å². The van der Waals surface area contributed by atoms with Gasteiger partial charge in [0.1, 0.15) is 0 Å². The average Bonchev–Trinajstić information content (AvgIpc) is 3.15. The Hall–Kier alpha value is -1.06. The van der Waals surface area contributed by atoms with Crippen LogP contribution >= 0.6 is 0 Å². The van der Waals surface area contributed by atoms with Crippen LogP contribution in [-0.2, 0) is 14.3 Å². The highest BCUT2D eigenvalue weighted by Gasteiger charge is 2.31. The molecule has 2 unspecified atom stereocenters. The molecule has 0 aromatic heterocycles. The number of unbranched alkanes of at least 4 members (excludes halogenated alkanes) is 28. The van der Waals surface area contributed by atoms with Gasteiger partial charge in [-0.25, -0.2) is 0 Å². The van der Waals surface area contributed by atoms with Gasteiger partial charge in [0.25, 0.3) is 0 Å². The molecule has 0 radical (unpaired) electrons. The minimum atomic E-state index is -0.587. The largest absolute Gasteiger partial charge is 0.481 e. The average molecular weight is 793 g/mol. The first-order chi connectivity index (χ1) is 27.0. The molecule has 4 nitrogen and oxygen atoms in total. The molecule has 56 heavy (non-hydrogen) atoms. The van der Waals surface area contributed by atoms with Crippen molar-refractivity contribution < 1.29 is 19.4 Å². The standard InChI is InChI=1S/2C26H52O2/c1-5-6-7-19-22-25(4)28-26(27)23-20-17-15-13-11-9-8-10-12-14-16-18-21-24(2)3;1-5-6-7-16-19-22-26(4,25(27)28)23-20-17-14-12-10-8-9-11-13-15-18-21-24(2)3/h24-25H,5-23H2,1-4H3;24H,5-23H2,1-4H3,(H,27,28). The highest BCUT2D eigenvalue weighted by Crippen LogP contribution is 2.32. The fourth-order valence-electron chi connectivity index (χ4n) is 7.91. The van der Waals surface area contributed by atoms with Crippen molar-refractivity contribution in [3.05, 3.63) is 0 Å². The molecule has 0 aromatic rings. The summed E-state index contributed by atoms with van der Waals surface area (Å²) in [6, 6.07) is 0. The first-order valence-corrected chi connectivity index (χ1v) is 25.4. The van der Waals surface area contributed by atoms with E-state index in [0.29, 0.717) is 6.42 Å². The summed E-state index contributed by atoms with van der Waals surface area (Å²) in [5.41, 5.74) is -0.498. The Kier molecular flexibility index (Phi) is 44.3. The van der Waals surface area contributed by atoms with Gasteiger partial charge in [-0.15, -0.1) is 0 Å². The number of carboxylic acids is 1. The Labute approximate surface area is 353 Å². The summed E-state index contributed by atoms with van der Waals surface area (Å²) >= 11 is 0. The van der Waals surface area contributed by atoms with E-state index < -0.39 is 11.4 Å². The maximum absolute atomic E-state index is 11.9. The van der Waals surface area contributed by atoms with Gasteiger partial charge in [-0.1, -0.05) is 247 Å². The molecule has 1 N–H and O–H groups in total. The lowest BCUT2D eigenvalue weighted by atomic mass is 9.80. The van der Waals surface area contributed by atoms with Crippen LogP contribution in [0.2, 0.25) is 0 Å². The zero-order valence-electron chi connectivity index (χ0n) is 39.8. The molecule has 0 aromatic carbocycles. The lowest BCUT2D eigenvalue weighted by molar-refractivity contribution is -0.149. The zero-order valence-corrected chi connectivity index (χ0v) is 39.8. The molecule has 0 saturated heterocycles. The third-order valence-electron chi connectivity index (χ3n) is 12.1. The van der Waals surface area contributed by atoms with Crippen molar-refractivity contribution in [2.24, 2.45) is 17.3 Å². The Morgan fingerprint density at radius 1 is 0.429 bits per heavy atom. The van der Waals surface area contributed by atoms with Crippen molar-refractivity contribution in [3.8, 4) is 0 Å². The maximum atomic E-state index is 11.9. The second kappa shape index (κ2) is 43.5. The van der Waals surface area contributed by atoms with E-state index in [9.17, 15) is 14.7 Å². The number of carboxylic acid groups (broad SMARTS) is 1. The fraction of sp³-hybridized carbons (Fsp3) is 0.962. The Bertz CT molecular complexity index is 807. The predicted molar refractivity (Wildman–Crippen MR) is 248 cm³/mol. The molecule has 2 atom stereocenters. The molecular formula is C52H104O4. The lowest BCUT2D eigenvalue weighted by Crippen LogP contribution is -2.27. The summed E-state index contributed by atoms with van der Waals surface area (Å²) in [6.45, 7) is 17.7. The number of ether oxygens (including phenoxy) is 1. The predicted octanol–water partition coefficient (Wildman–Crippen LogP) is 18.2. The van der Waals surface area contributed by atoms with Crippen LogP contribution in [0.25, 0.3) is 0 Å². The smallest absolute Gasteiger partial charge is 0.309 e. The van der Waals surface area contributed by atoms with Crippen molar-refractivity contribution in [2.75, 3.05) is 0 Å². The zero-order chi connectivity index (χ0) is 42.0. The van der Waals surface area contributed by atoms with Gasteiger partial charge in [0.05, 0.1) is 11.5 Å². The van der Waals surface area contributed by atoms with E-state index in [1.807, 2.05) is 13.8 Å². The SMILES string of the molecule is CCCCCCC(C)OC(=O)CCCCCCCCCCCCCCC(C)C.CCCCCCCC(C)(CCCCCCCCCCCCCC(C)C)C(=O)O. The summed E-state index contributed by atoms with van der Waals surface area (Å²) in [5.74, 6) is 1.15. The van der Waals surface area contributed by atoms with E-state index >= 15 is 0 Å². The number of rotatable bonds is 42. The highest BCUT2D eigenvalue weighted by atomic mass is 16.5. The quantitative estimate of drug-likeness (QED) is 0.0494. The number of carbonyl (C=O) groups excluding carboxylic acids is 1. The third-order valence-corrected chi connectivity index (χ3v) is 12.1. The number of hydrogen-bond acceptors (Lipinski definition) is 3. The minimum Gasteiger partial charge on any atom is -0.481 e. The van der Waals surface area contributed by atoms with Crippen molar-refractivity contribution in [1.82, 2.24) is 0 Å². The Morgan fingerprint density at radius 3 is 1.05 bits per heavy atom. The van der Waals surface area contributed by atoms with Gasteiger partial charge in [0.15, 0.2) is 0 Å². The van der Waals surface area contributed by atoms with Crippen LogP contribution in [0.5, 0.6) is 0 Å². The molecule has 0 amide bonds. The van der Waals surface area contributed by atoms with Crippen molar-refractivity contribution in [2.45, 2.75) is 305 Å². The summed E-state index contributed by atoms with van der Waals surface area (Å²) in [7, 11) is 0. The van der Waals surface area contributed by atoms with Crippen LogP contribution in [0.1, 0.15) is 299 Å². The summed E-state index contributed by atoms with van der Waals surface area (Å²) in [6.07, 6.45) is 48.0.